The Hall–Kier alpha value is -2.69. The fourth-order valence-corrected chi connectivity index (χ4v) is 3.59. The molecule has 4 rings (SSSR count). The number of hydrogen-bond donors (Lipinski definition) is 0. The second-order valence-electron chi connectivity index (χ2n) is 6.73. The van der Waals surface area contributed by atoms with Gasteiger partial charge in [-0.1, -0.05) is 12.1 Å². The number of benzene rings is 1. The Kier molecular flexibility index (Phi) is 4.22. The first-order valence-electron chi connectivity index (χ1n) is 8.74. The maximum absolute atomic E-state index is 12.5. The number of carbonyl (C=O) groups excluding carboxylic acids is 1. The van der Waals surface area contributed by atoms with Crippen LogP contribution < -0.4 is 0 Å². The molecule has 0 N–H and O–H groups in total. The summed E-state index contributed by atoms with van der Waals surface area (Å²) in [5.41, 5.74) is 2.83. The monoisotopic (exact) mass is 335 g/mol. The van der Waals surface area contributed by atoms with Gasteiger partial charge in [-0.2, -0.15) is 0 Å². The minimum absolute atomic E-state index is 0.0125. The molecule has 0 spiro atoms. The van der Waals surface area contributed by atoms with E-state index in [-0.39, 0.29) is 5.91 Å². The van der Waals surface area contributed by atoms with Crippen LogP contribution in [0.1, 0.15) is 34.7 Å². The number of nitrogens with zero attached hydrogens (tertiary/aromatic N) is 3. The fraction of sp³-hybridized carbons (Fsp3) is 0.350. The van der Waals surface area contributed by atoms with E-state index in [9.17, 15) is 4.79 Å². The van der Waals surface area contributed by atoms with Crippen molar-refractivity contribution in [2.24, 2.45) is 5.92 Å². The van der Waals surface area contributed by atoms with Gasteiger partial charge in [0.1, 0.15) is 5.76 Å². The quantitative estimate of drug-likeness (QED) is 0.733. The topological polar surface area (TPSA) is 59.2 Å². The van der Waals surface area contributed by atoms with Crippen molar-refractivity contribution in [3.05, 3.63) is 59.9 Å². The number of rotatable bonds is 3. The molecule has 25 heavy (non-hydrogen) atoms. The molecule has 0 saturated carbocycles. The summed E-state index contributed by atoms with van der Waals surface area (Å²) >= 11 is 0. The van der Waals surface area contributed by atoms with Crippen molar-refractivity contribution in [1.82, 2.24) is 14.9 Å². The molecule has 128 valence electrons. The summed E-state index contributed by atoms with van der Waals surface area (Å²) in [5, 5.41) is 1.19. The van der Waals surface area contributed by atoms with Gasteiger partial charge in [0.25, 0.3) is 5.91 Å². The van der Waals surface area contributed by atoms with Crippen LogP contribution >= 0.6 is 0 Å². The van der Waals surface area contributed by atoms with Crippen molar-refractivity contribution in [2.45, 2.75) is 26.2 Å². The highest BCUT2D eigenvalue weighted by atomic mass is 16.3. The number of oxazole rings is 1. The maximum Gasteiger partial charge on any atom is 0.276 e. The second-order valence-corrected chi connectivity index (χ2v) is 6.73. The van der Waals surface area contributed by atoms with Gasteiger partial charge in [-0.15, -0.1) is 0 Å². The summed E-state index contributed by atoms with van der Waals surface area (Å²) < 4.78 is 5.15. The Bertz CT molecular complexity index is 895. The average Bonchev–Trinajstić information content (AvgIpc) is 3.08. The van der Waals surface area contributed by atoms with Crippen molar-refractivity contribution in [3.63, 3.8) is 0 Å². The molecule has 3 aromatic rings. The molecule has 5 nitrogen and oxygen atoms in total. The first-order valence-corrected chi connectivity index (χ1v) is 8.74. The van der Waals surface area contributed by atoms with Gasteiger partial charge in [0.2, 0.25) is 0 Å². The van der Waals surface area contributed by atoms with E-state index in [0.29, 0.717) is 17.4 Å². The molecular weight excluding hydrogens is 314 g/mol. The predicted octanol–water partition coefficient (Wildman–Crippen LogP) is 3.63. The normalized spacial score (nSPS) is 15.6. The molecule has 3 heterocycles. The van der Waals surface area contributed by atoms with Gasteiger partial charge in [-0.3, -0.25) is 9.78 Å². The molecule has 0 aliphatic carbocycles. The predicted molar refractivity (Wildman–Crippen MR) is 95.3 cm³/mol. The molecule has 5 heteroatoms. The van der Waals surface area contributed by atoms with E-state index < -0.39 is 0 Å². The van der Waals surface area contributed by atoms with E-state index in [2.05, 4.69) is 34.2 Å². The van der Waals surface area contributed by atoms with Crippen LogP contribution in [0.15, 0.2) is 47.3 Å². The van der Waals surface area contributed by atoms with Crippen LogP contribution in [0.25, 0.3) is 10.9 Å². The summed E-state index contributed by atoms with van der Waals surface area (Å²) in [7, 11) is 0. The van der Waals surface area contributed by atoms with Gasteiger partial charge in [-0.05, 0) is 55.9 Å². The smallest absolute Gasteiger partial charge is 0.276 e. The third kappa shape index (κ3) is 3.27. The molecule has 0 unspecified atom stereocenters. The Morgan fingerprint density at radius 2 is 2.08 bits per heavy atom. The van der Waals surface area contributed by atoms with E-state index in [4.69, 9.17) is 4.42 Å². The van der Waals surface area contributed by atoms with Crippen LogP contribution in [-0.4, -0.2) is 33.9 Å². The first-order chi connectivity index (χ1) is 12.2. The zero-order valence-electron chi connectivity index (χ0n) is 14.3. The highest BCUT2D eigenvalue weighted by Gasteiger charge is 2.26. The molecule has 1 fully saturated rings. The lowest BCUT2D eigenvalue weighted by Gasteiger charge is -2.31. The molecule has 0 radical (unpaired) electrons. The van der Waals surface area contributed by atoms with Crippen molar-refractivity contribution in [2.75, 3.05) is 13.1 Å². The molecule has 1 amide bonds. The summed E-state index contributed by atoms with van der Waals surface area (Å²) in [4.78, 5) is 22.8. The number of piperidine rings is 1. The van der Waals surface area contributed by atoms with Crippen LogP contribution in [-0.2, 0) is 6.42 Å². The summed E-state index contributed by atoms with van der Waals surface area (Å²) in [5.74, 6) is 1.19. The van der Waals surface area contributed by atoms with Crippen LogP contribution in [0, 0.1) is 12.8 Å². The first kappa shape index (κ1) is 15.8. The van der Waals surface area contributed by atoms with Gasteiger partial charge in [0, 0.05) is 24.7 Å². The molecule has 1 aliphatic rings. The number of aromatic nitrogens is 2. The number of amides is 1. The van der Waals surface area contributed by atoms with Crippen molar-refractivity contribution in [1.29, 1.82) is 0 Å². The van der Waals surface area contributed by atoms with Gasteiger partial charge >= 0.3 is 0 Å². The molecule has 0 atom stereocenters. The van der Waals surface area contributed by atoms with E-state index in [1.807, 2.05) is 17.2 Å². The van der Waals surface area contributed by atoms with Crippen molar-refractivity contribution < 1.29 is 9.21 Å². The lowest BCUT2D eigenvalue weighted by molar-refractivity contribution is 0.0683. The molecule has 1 aromatic carbocycles. The summed E-state index contributed by atoms with van der Waals surface area (Å²) in [6.07, 6.45) is 6.26. The number of hydrogen-bond acceptors (Lipinski definition) is 4. The molecule has 1 saturated heterocycles. The van der Waals surface area contributed by atoms with Crippen LogP contribution in [0.4, 0.5) is 0 Å². The van der Waals surface area contributed by atoms with E-state index >= 15 is 0 Å². The Morgan fingerprint density at radius 3 is 2.84 bits per heavy atom. The zero-order chi connectivity index (χ0) is 17.2. The second kappa shape index (κ2) is 6.67. The van der Waals surface area contributed by atoms with Gasteiger partial charge in [-0.25, -0.2) is 4.98 Å². The Labute approximate surface area is 146 Å². The SMILES string of the molecule is Cc1ocnc1C(=O)N1CCC(Cc2ccc3ncccc3c2)CC1. The summed E-state index contributed by atoms with van der Waals surface area (Å²) in [6.45, 7) is 3.34. The van der Waals surface area contributed by atoms with E-state index in [1.165, 1.54) is 17.3 Å². The Balaban J connectivity index is 1.38. The number of likely N-dealkylation sites (tertiary alicyclic amines) is 1. The standard InChI is InChI=1S/C20H21N3O2/c1-14-19(22-13-25-14)20(24)23-9-6-15(7-10-23)11-16-4-5-18-17(12-16)3-2-8-21-18/h2-5,8,12-13,15H,6-7,9-11H2,1H3. The van der Waals surface area contributed by atoms with E-state index in [0.717, 1.165) is 37.9 Å². The van der Waals surface area contributed by atoms with Crippen LogP contribution in [0.5, 0.6) is 0 Å². The largest absolute Gasteiger partial charge is 0.448 e. The molecule has 0 bridgehead atoms. The number of pyridine rings is 1. The number of carbonyl (C=O) groups is 1. The average molecular weight is 335 g/mol. The number of aryl methyl sites for hydroxylation is 1. The molecular formula is C20H21N3O2. The minimum Gasteiger partial charge on any atom is -0.448 e. The number of fused-ring (bicyclic) bond motifs is 1. The highest BCUT2D eigenvalue weighted by Crippen LogP contribution is 2.24. The van der Waals surface area contributed by atoms with Gasteiger partial charge < -0.3 is 9.32 Å². The molecule has 1 aliphatic heterocycles. The third-order valence-electron chi connectivity index (χ3n) is 5.04. The van der Waals surface area contributed by atoms with Crippen molar-refractivity contribution in [3.8, 4) is 0 Å². The minimum atomic E-state index is -0.0125. The van der Waals surface area contributed by atoms with Gasteiger partial charge in [0.05, 0.1) is 5.52 Å². The van der Waals surface area contributed by atoms with Crippen molar-refractivity contribution >= 4 is 16.8 Å². The third-order valence-corrected chi connectivity index (χ3v) is 5.04. The molecule has 2 aromatic heterocycles. The fourth-order valence-electron chi connectivity index (χ4n) is 3.59. The summed E-state index contributed by atoms with van der Waals surface area (Å²) in [6, 6.07) is 10.6. The van der Waals surface area contributed by atoms with Crippen LogP contribution in [0.3, 0.4) is 0 Å². The lowest BCUT2D eigenvalue weighted by Crippen LogP contribution is -2.39. The highest BCUT2D eigenvalue weighted by molar-refractivity contribution is 5.93. The van der Waals surface area contributed by atoms with E-state index in [1.54, 1.807) is 6.92 Å². The van der Waals surface area contributed by atoms with Gasteiger partial charge in [0.15, 0.2) is 12.1 Å². The maximum atomic E-state index is 12.5. The Morgan fingerprint density at radius 1 is 1.24 bits per heavy atom. The van der Waals surface area contributed by atoms with Crippen LogP contribution in [0.2, 0.25) is 0 Å². The lowest BCUT2D eigenvalue weighted by atomic mass is 9.89. The zero-order valence-corrected chi connectivity index (χ0v) is 14.3.